The van der Waals surface area contributed by atoms with Gasteiger partial charge in [0.1, 0.15) is 23.5 Å². The van der Waals surface area contributed by atoms with E-state index in [-0.39, 0.29) is 79.4 Å². The summed E-state index contributed by atoms with van der Waals surface area (Å²) in [5, 5.41) is 73.1. The number of aliphatic hydroxyl groups excluding tert-OH is 4. The van der Waals surface area contributed by atoms with Crippen molar-refractivity contribution in [2.24, 2.45) is 11.8 Å². The second-order valence-corrected chi connectivity index (χ2v) is 19.9. The molecule has 8 N–H and O–H groups in total. The number of ketones is 2. The van der Waals surface area contributed by atoms with Crippen molar-refractivity contribution in [3.63, 3.8) is 0 Å². The normalized spacial score (nSPS) is 22.3. The zero-order valence-electron chi connectivity index (χ0n) is 36.2. The van der Waals surface area contributed by atoms with E-state index in [4.69, 9.17) is 9.47 Å². The van der Waals surface area contributed by atoms with E-state index in [9.17, 15) is 40.2 Å². The molecule has 1 aliphatic heterocycles. The fourth-order valence-electron chi connectivity index (χ4n) is 9.77. The van der Waals surface area contributed by atoms with Crippen LogP contribution in [0.2, 0.25) is 0 Å². The van der Waals surface area contributed by atoms with Gasteiger partial charge in [-0.05, 0) is 152 Å². The Morgan fingerprint density at radius 2 is 1.78 bits per heavy atom. The third-order valence-corrected chi connectivity index (χ3v) is 15.8. The van der Waals surface area contributed by atoms with Crippen LogP contribution in [0.15, 0.2) is 48.5 Å². The number of carbonyl (C=O) groups is 2. The number of hydrogen-bond acceptors (Lipinski definition) is 14. The quantitative estimate of drug-likeness (QED) is 0.0353. The Hall–Kier alpha value is -3.86. The highest BCUT2D eigenvalue weighted by Crippen LogP contribution is 2.53. The van der Waals surface area contributed by atoms with Crippen LogP contribution in [0.4, 0.5) is 5.69 Å². The van der Waals surface area contributed by atoms with E-state index >= 15 is 0 Å². The lowest BCUT2D eigenvalue weighted by Gasteiger charge is -2.36. The fourth-order valence-corrected chi connectivity index (χ4v) is 12.7. The number of Topliss-reactive ketones (excluding diaryl/α,β-unsaturated/α-hetero) is 2. The largest absolute Gasteiger partial charge is 0.508 e. The van der Waals surface area contributed by atoms with Crippen LogP contribution in [-0.2, 0) is 40.2 Å². The number of phenolic OH excluding ortho intramolecular Hbond substituents is 2. The molecule has 1 fully saturated rings. The van der Waals surface area contributed by atoms with Crippen molar-refractivity contribution < 1.29 is 49.7 Å². The van der Waals surface area contributed by atoms with Crippen LogP contribution in [0.5, 0.6) is 17.2 Å². The van der Waals surface area contributed by atoms with Gasteiger partial charge in [-0.15, -0.1) is 0 Å². The number of rotatable bonds is 14. The number of ether oxygens (including phenoxy) is 2. The van der Waals surface area contributed by atoms with Crippen LogP contribution in [0, 0.1) is 11.8 Å². The summed E-state index contributed by atoms with van der Waals surface area (Å²) in [6, 6.07) is 14.8. The molecule has 63 heavy (non-hydrogen) atoms. The van der Waals surface area contributed by atoms with Crippen molar-refractivity contribution in [3.05, 3.63) is 81.9 Å². The number of hydrogen-bond donors (Lipinski definition) is 8. The molecule has 0 saturated carbocycles. The maximum atomic E-state index is 14.5. The first kappa shape index (κ1) is 47.1. The summed E-state index contributed by atoms with van der Waals surface area (Å²) >= 11 is 0. The van der Waals surface area contributed by atoms with E-state index in [1.54, 1.807) is 39.8 Å². The van der Waals surface area contributed by atoms with Gasteiger partial charge in [-0.1, -0.05) is 45.9 Å². The average molecular weight is 903 g/mol. The molecule has 0 aromatic heterocycles. The number of benzene rings is 4. The molecule has 12 nitrogen and oxygen atoms in total. The van der Waals surface area contributed by atoms with E-state index < -0.39 is 18.4 Å². The molecule has 6 atom stereocenters. The number of carbonyl (C=O) groups excluding carboxylic acids is 2. The van der Waals surface area contributed by atoms with Gasteiger partial charge in [-0.2, -0.15) is 0 Å². The number of phenols is 2. The molecule has 0 spiro atoms. The van der Waals surface area contributed by atoms with Gasteiger partial charge in [0.15, 0.2) is 11.5 Å². The summed E-state index contributed by atoms with van der Waals surface area (Å²) < 4.78 is 13.2. The number of anilines is 1. The zero-order valence-corrected chi connectivity index (χ0v) is 37.9. The second-order valence-electron chi connectivity index (χ2n) is 17.3. The Morgan fingerprint density at radius 1 is 0.952 bits per heavy atom. The minimum atomic E-state index is -0.750. The minimum Gasteiger partial charge on any atom is -0.508 e. The summed E-state index contributed by atoms with van der Waals surface area (Å²) in [5.41, 5.74) is 7.48. The fraction of sp³-hybridized carbons (Fsp3) is 0.510. The van der Waals surface area contributed by atoms with Crippen LogP contribution in [0.1, 0.15) is 103 Å². The smallest absolute Gasteiger partial charge is 0.168 e. The number of unbranched alkanes of at least 4 members (excludes halogenated alkanes) is 1. The molecule has 0 amide bonds. The zero-order chi connectivity index (χ0) is 44.6. The number of nitrogens with one attached hydrogen (secondary N) is 2. The van der Waals surface area contributed by atoms with Gasteiger partial charge < -0.3 is 45.4 Å². The molecule has 1 heterocycles. The minimum absolute atomic E-state index is 0.000465. The van der Waals surface area contributed by atoms with Gasteiger partial charge in [0.2, 0.25) is 0 Å². The molecule has 3 aliphatic rings. The maximum absolute atomic E-state index is 14.5. The van der Waals surface area contributed by atoms with Gasteiger partial charge in [-0.3, -0.25) is 14.9 Å². The van der Waals surface area contributed by atoms with Gasteiger partial charge in [0, 0.05) is 53.9 Å². The van der Waals surface area contributed by atoms with Crippen LogP contribution in [0.3, 0.4) is 0 Å². The molecular formula is C49H62N2O10S2. The van der Waals surface area contributed by atoms with Crippen molar-refractivity contribution in [3.8, 4) is 28.4 Å². The molecule has 7 rings (SSSR count). The van der Waals surface area contributed by atoms with E-state index in [0.717, 1.165) is 56.3 Å². The van der Waals surface area contributed by atoms with Crippen LogP contribution in [0.25, 0.3) is 21.9 Å². The lowest BCUT2D eigenvalue weighted by atomic mass is 9.79. The van der Waals surface area contributed by atoms with Gasteiger partial charge >= 0.3 is 0 Å². The standard InChI is InChI=1S/C49H62N2O10S2/c1-28(55)24-51-47-33(26-54)21-41(40-19-29(25-53)5-13-37(40)47)49(50-17-3-4-18-52)61-43-23-35(57)12-7-31-9-15-42(59)48(60-2)45(31)38-14-8-30-6-11-34(56)22-39(30)46(38)44-16-10-32(43)20-36(58)27-62-63-44/h6,8-9,11,14-15,21-22,29,32,36,43-44,49-54,56,58-59H,3-5,7,10,12-13,16-20,23-27H2,1-2H3. The van der Waals surface area contributed by atoms with E-state index in [0.29, 0.717) is 80.5 Å². The summed E-state index contributed by atoms with van der Waals surface area (Å²) in [4.78, 5) is 26.6. The number of aromatic hydroxyl groups is 2. The molecule has 4 aromatic carbocycles. The number of methoxy groups -OCH3 is 1. The summed E-state index contributed by atoms with van der Waals surface area (Å²) in [6.45, 7) is 1.87. The molecule has 4 aromatic rings. The lowest BCUT2D eigenvalue weighted by molar-refractivity contribution is -0.127. The lowest BCUT2D eigenvalue weighted by Crippen LogP contribution is -2.37. The molecule has 1 saturated heterocycles. The summed E-state index contributed by atoms with van der Waals surface area (Å²) in [5.74, 6) is 0.565. The van der Waals surface area contributed by atoms with E-state index in [1.165, 1.54) is 14.0 Å². The first-order chi connectivity index (χ1) is 30.5. The van der Waals surface area contributed by atoms with Crippen molar-refractivity contribution in [1.29, 1.82) is 0 Å². The Kier molecular flexibility index (Phi) is 16.4. The van der Waals surface area contributed by atoms with Gasteiger partial charge in [0.05, 0.1) is 32.5 Å². The van der Waals surface area contributed by atoms with Gasteiger partial charge in [-0.25, -0.2) is 0 Å². The number of aliphatic hydroxyl groups is 4. The Bertz CT molecular complexity index is 2250. The number of aryl methyl sites for hydroxylation is 1. The molecular weight excluding hydrogens is 841 g/mol. The molecule has 6 unspecified atom stereocenters. The van der Waals surface area contributed by atoms with E-state index in [1.807, 2.05) is 30.3 Å². The molecule has 0 radical (unpaired) electrons. The summed E-state index contributed by atoms with van der Waals surface area (Å²) in [6.07, 6.45) is 3.37. The van der Waals surface area contributed by atoms with Gasteiger partial charge in [0.25, 0.3) is 0 Å². The highest BCUT2D eigenvalue weighted by Gasteiger charge is 2.36. The molecule has 2 bridgehead atoms. The average Bonchev–Trinajstić information content (AvgIpc) is 3.37. The molecule has 340 valence electrons. The number of fused-ring (bicyclic) bond motifs is 10. The monoisotopic (exact) mass is 902 g/mol. The van der Waals surface area contributed by atoms with Crippen molar-refractivity contribution >= 4 is 49.6 Å². The van der Waals surface area contributed by atoms with Crippen molar-refractivity contribution in [1.82, 2.24) is 5.32 Å². The SMILES string of the molecule is COc1c(O)ccc2c1-c1ccc3ccc(O)cc3c1C1CCC(CC(O)CSS1)C(OC(NCCCCO)c1cc(CO)c(NCC(C)=O)c3c1CC(CO)CC3)CC(=O)CC2. The summed E-state index contributed by atoms with van der Waals surface area (Å²) in [7, 11) is 4.81. The molecule has 2 aliphatic carbocycles. The Labute approximate surface area is 377 Å². The first-order valence-corrected chi connectivity index (χ1v) is 24.7. The Morgan fingerprint density at radius 3 is 2.54 bits per heavy atom. The van der Waals surface area contributed by atoms with Crippen LogP contribution in [-0.4, -0.2) is 93.6 Å². The maximum Gasteiger partial charge on any atom is 0.168 e. The van der Waals surface area contributed by atoms with Crippen molar-refractivity contribution in [2.75, 3.05) is 44.5 Å². The molecule has 14 heteroatoms. The Balaban J connectivity index is 1.36. The third kappa shape index (κ3) is 11.0. The predicted octanol–water partition coefficient (Wildman–Crippen LogP) is 7.45. The first-order valence-electron chi connectivity index (χ1n) is 22.3. The van der Waals surface area contributed by atoms with Crippen molar-refractivity contribution in [2.45, 2.75) is 108 Å². The second kappa shape index (κ2) is 21.9. The topological polar surface area (TPSA) is 198 Å². The highest BCUT2D eigenvalue weighted by molar-refractivity contribution is 8.76. The highest BCUT2D eigenvalue weighted by atomic mass is 33.1. The van der Waals surface area contributed by atoms with E-state index in [2.05, 4.69) is 10.6 Å². The van der Waals surface area contributed by atoms with Crippen LogP contribution < -0.4 is 15.4 Å². The third-order valence-electron chi connectivity index (χ3n) is 12.9. The van der Waals surface area contributed by atoms with Crippen LogP contribution >= 0.6 is 21.6 Å². The predicted molar refractivity (Wildman–Crippen MR) is 249 cm³/mol.